The van der Waals surface area contributed by atoms with Gasteiger partial charge in [-0.1, -0.05) is 36.0 Å². The number of hydrogen-bond donors (Lipinski definition) is 1. The van der Waals surface area contributed by atoms with Gasteiger partial charge in [-0.05, 0) is 36.2 Å². The molecule has 2 heterocycles. The fraction of sp³-hybridized carbons (Fsp3) is 0.158. The van der Waals surface area contributed by atoms with Crippen LogP contribution in [0, 0.1) is 0 Å². The molecule has 0 bridgehead atoms. The van der Waals surface area contributed by atoms with Crippen molar-refractivity contribution in [3.8, 4) is 11.8 Å². The second kappa shape index (κ2) is 6.88. The minimum Gasteiger partial charge on any atom is -0.425 e. The first-order chi connectivity index (χ1) is 13.0. The Bertz CT molecular complexity index is 1110. The Morgan fingerprint density at radius 1 is 1.11 bits per heavy atom. The highest BCUT2D eigenvalue weighted by Crippen LogP contribution is 2.25. The highest BCUT2D eigenvalue weighted by atomic mass is 32.2. The van der Waals surface area contributed by atoms with Gasteiger partial charge in [-0.3, -0.25) is 24.3 Å². The number of para-hydroxylation sites is 1. The van der Waals surface area contributed by atoms with Crippen LogP contribution < -0.4 is 15.6 Å². The predicted octanol–water partition coefficient (Wildman–Crippen LogP) is 2.62. The van der Waals surface area contributed by atoms with Gasteiger partial charge in [0.25, 0.3) is 10.8 Å². The van der Waals surface area contributed by atoms with E-state index < -0.39 is 5.25 Å². The first-order valence-electron chi connectivity index (χ1n) is 8.25. The molecule has 1 unspecified atom stereocenters. The maximum atomic E-state index is 12.4. The minimum atomic E-state index is -0.410. The van der Waals surface area contributed by atoms with E-state index in [4.69, 9.17) is 4.74 Å². The second-order valence-electron chi connectivity index (χ2n) is 6.11. The average molecular weight is 381 g/mol. The number of imide groups is 1. The van der Waals surface area contributed by atoms with Crippen LogP contribution in [0.2, 0.25) is 0 Å². The van der Waals surface area contributed by atoms with Crippen LogP contribution >= 0.6 is 11.8 Å². The molecule has 136 valence electrons. The topological polar surface area (TPSA) is 90.3 Å². The van der Waals surface area contributed by atoms with Crippen molar-refractivity contribution >= 4 is 33.8 Å². The van der Waals surface area contributed by atoms with Crippen molar-refractivity contribution in [2.75, 3.05) is 0 Å². The van der Waals surface area contributed by atoms with Gasteiger partial charge in [-0.2, -0.15) is 4.98 Å². The summed E-state index contributed by atoms with van der Waals surface area (Å²) in [5, 5.41) is 2.09. The van der Waals surface area contributed by atoms with Gasteiger partial charge in [0.05, 0.1) is 16.2 Å². The van der Waals surface area contributed by atoms with Gasteiger partial charge in [0.15, 0.2) is 0 Å². The molecule has 0 radical (unpaired) electrons. The lowest BCUT2D eigenvalue weighted by molar-refractivity contribution is -0.118. The van der Waals surface area contributed by atoms with Crippen LogP contribution in [0.5, 0.6) is 11.8 Å². The van der Waals surface area contributed by atoms with Crippen molar-refractivity contribution in [2.45, 2.75) is 11.7 Å². The third-order valence-electron chi connectivity index (χ3n) is 4.26. The zero-order valence-corrected chi connectivity index (χ0v) is 15.2. The zero-order chi connectivity index (χ0) is 19.0. The van der Waals surface area contributed by atoms with Crippen LogP contribution in [0.4, 0.5) is 4.79 Å². The van der Waals surface area contributed by atoms with Crippen molar-refractivity contribution in [3.63, 3.8) is 0 Å². The summed E-state index contributed by atoms with van der Waals surface area (Å²) in [7, 11) is 1.61. The van der Waals surface area contributed by atoms with Gasteiger partial charge in [-0.25, -0.2) is 0 Å². The first kappa shape index (κ1) is 17.3. The summed E-state index contributed by atoms with van der Waals surface area (Å²) in [6, 6.07) is 14.4. The third-order valence-corrected chi connectivity index (χ3v) is 5.24. The highest BCUT2D eigenvalue weighted by molar-refractivity contribution is 8.15. The number of nitrogens with one attached hydrogen (secondary N) is 1. The lowest BCUT2D eigenvalue weighted by Gasteiger charge is -2.11. The van der Waals surface area contributed by atoms with Crippen molar-refractivity contribution in [3.05, 3.63) is 64.4 Å². The molecule has 1 aromatic heterocycles. The monoisotopic (exact) mass is 381 g/mol. The number of amides is 2. The van der Waals surface area contributed by atoms with Crippen molar-refractivity contribution in [1.82, 2.24) is 14.9 Å². The maximum absolute atomic E-state index is 12.4. The number of ether oxygens (including phenoxy) is 1. The van der Waals surface area contributed by atoms with Crippen LogP contribution in [0.25, 0.3) is 10.9 Å². The third kappa shape index (κ3) is 3.43. The van der Waals surface area contributed by atoms with Crippen molar-refractivity contribution in [2.24, 2.45) is 7.05 Å². The largest absolute Gasteiger partial charge is 0.425 e. The van der Waals surface area contributed by atoms with E-state index in [1.54, 1.807) is 37.4 Å². The minimum absolute atomic E-state index is 0.179. The lowest BCUT2D eigenvalue weighted by Crippen LogP contribution is -2.25. The van der Waals surface area contributed by atoms with E-state index in [0.29, 0.717) is 23.1 Å². The number of hydrogen-bond acceptors (Lipinski definition) is 6. The summed E-state index contributed by atoms with van der Waals surface area (Å²) in [6.07, 6.45) is 0.454. The van der Waals surface area contributed by atoms with E-state index in [9.17, 15) is 14.4 Å². The number of nitrogens with zero attached hydrogens (tertiary/aromatic N) is 2. The summed E-state index contributed by atoms with van der Waals surface area (Å²) in [4.78, 5) is 39.7. The highest BCUT2D eigenvalue weighted by Gasteiger charge is 2.31. The molecule has 1 aliphatic rings. The fourth-order valence-corrected chi connectivity index (χ4v) is 3.69. The van der Waals surface area contributed by atoms with Crippen LogP contribution in [0.1, 0.15) is 5.56 Å². The molecule has 0 spiro atoms. The normalized spacial score (nSPS) is 16.6. The van der Waals surface area contributed by atoms with Crippen LogP contribution in [0.15, 0.2) is 53.3 Å². The van der Waals surface area contributed by atoms with E-state index >= 15 is 0 Å². The Morgan fingerprint density at radius 2 is 1.85 bits per heavy atom. The quantitative estimate of drug-likeness (QED) is 0.747. The molecule has 1 N–H and O–H groups in total. The molecule has 7 nitrogen and oxygen atoms in total. The molecule has 1 saturated heterocycles. The van der Waals surface area contributed by atoms with Gasteiger partial charge < -0.3 is 4.74 Å². The van der Waals surface area contributed by atoms with E-state index in [2.05, 4.69) is 10.3 Å². The van der Waals surface area contributed by atoms with Crippen LogP contribution in [-0.4, -0.2) is 25.9 Å². The Morgan fingerprint density at radius 3 is 2.56 bits per heavy atom. The molecular formula is C19H15N3O4S. The summed E-state index contributed by atoms with van der Waals surface area (Å²) in [5.41, 5.74) is 1.30. The Kier molecular flexibility index (Phi) is 4.41. The summed E-state index contributed by atoms with van der Waals surface area (Å²) in [5.74, 6) is 0.261. The molecular weight excluding hydrogens is 366 g/mol. The molecule has 4 rings (SSSR count). The Hall–Kier alpha value is -3.13. The average Bonchev–Trinajstić information content (AvgIpc) is 2.98. The Labute approximate surface area is 158 Å². The number of aromatic nitrogens is 2. The number of rotatable bonds is 4. The second-order valence-corrected chi connectivity index (χ2v) is 7.28. The molecule has 3 aromatic rings. The molecule has 1 aliphatic heterocycles. The smallest absolute Gasteiger partial charge is 0.305 e. The molecule has 8 heteroatoms. The number of benzene rings is 2. The van der Waals surface area contributed by atoms with Gasteiger partial charge in [0.2, 0.25) is 5.91 Å². The predicted molar refractivity (Wildman–Crippen MR) is 102 cm³/mol. The summed E-state index contributed by atoms with van der Waals surface area (Å²) in [6.45, 7) is 0. The van der Waals surface area contributed by atoms with Gasteiger partial charge in [-0.15, -0.1) is 0 Å². The van der Waals surface area contributed by atoms with Crippen LogP contribution in [-0.2, 0) is 18.3 Å². The number of carbonyl (C=O) groups is 2. The molecule has 1 fully saturated rings. The van der Waals surface area contributed by atoms with Gasteiger partial charge in [0.1, 0.15) is 5.75 Å². The standard InChI is InChI=1S/C19H15N3O4S/c1-22-17(24)13-4-2-3-5-14(13)20-18(22)26-12-8-6-11(7-9-12)10-15-16(23)21-19(25)27-15/h2-9,15H,10H2,1H3,(H,21,23,25). The number of carbonyl (C=O) groups excluding carboxylic acids is 2. The lowest BCUT2D eigenvalue weighted by atomic mass is 10.1. The fourth-order valence-electron chi connectivity index (χ4n) is 2.83. The van der Waals surface area contributed by atoms with Crippen molar-refractivity contribution < 1.29 is 14.3 Å². The van der Waals surface area contributed by atoms with E-state index in [0.717, 1.165) is 17.3 Å². The molecule has 27 heavy (non-hydrogen) atoms. The zero-order valence-electron chi connectivity index (χ0n) is 14.3. The van der Waals surface area contributed by atoms with Crippen molar-refractivity contribution in [1.29, 1.82) is 0 Å². The van der Waals surface area contributed by atoms with E-state index in [1.807, 2.05) is 18.2 Å². The number of fused-ring (bicyclic) bond motifs is 1. The van der Waals surface area contributed by atoms with E-state index in [1.165, 1.54) is 4.57 Å². The molecule has 1 atom stereocenters. The molecule has 0 saturated carbocycles. The first-order valence-corrected chi connectivity index (χ1v) is 9.13. The Balaban J connectivity index is 1.54. The van der Waals surface area contributed by atoms with Gasteiger partial charge in [0, 0.05) is 7.05 Å². The summed E-state index contributed by atoms with van der Waals surface area (Å²) >= 11 is 1.00. The van der Waals surface area contributed by atoms with Gasteiger partial charge >= 0.3 is 6.01 Å². The summed E-state index contributed by atoms with van der Waals surface area (Å²) < 4.78 is 7.14. The molecule has 2 aromatic carbocycles. The molecule has 0 aliphatic carbocycles. The van der Waals surface area contributed by atoms with E-state index in [-0.39, 0.29) is 22.7 Å². The number of thioether (sulfide) groups is 1. The SMILES string of the molecule is Cn1c(Oc2ccc(CC3SC(=O)NC3=O)cc2)nc2ccccc2c1=O. The van der Waals surface area contributed by atoms with Crippen LogP contribution in [0.3, 0.4) is 0 Å². The molecule has 2 amide bonds. The maximum Gasteiger partial charge on any atom is 0.305 e.